The second-order valence-electron chi connectivity index (χ2n) is 3.92. The molecule has 1 N–H and O–H groups in total. The zero-order chi connectivity index (χ0) is 13.7. The Morgan fingerprint density at radius 3 is 2.63 bits per heavy atom. The van der Waals surface area contributed by atoms with Gasteiger partial charge in [0.2, 0.25) is 0 Å². The van der Waals surface area contributed by atoms with E-state index in [4.69, 9.17) is 4.74 Å². The zero-order valence-corrected chi connectivity index (χ0v) is 11.8. The molecule has 1 aromatic heterocycles. The number of benzene rings is 1. The number of anilines is 2. The van der Waals surface area contributed by atoms with E-state index >= 15 is 0 Å². The first kappa shape index (κ1) is 13.5. The Morgan fingerprint density at radius 2 is 2.05 bits per heavy atom. The fourth-order valence-electron chi connectivity index (χ4n) is 1.55. The van der Waals surface area contributed by atoms with E-state index in [9.17, 15) is 4.79 Å². The van der Waals surface area contributed by atoms with Crippen LogP contribution in [0.5, 0.6) is 0 Å². The van der Waals surface area contributed by atoms with Crippen molar-refractivity contribution < 1.29 is 9.53 Å². The predicted molar refractivity (Wildman–Crippen MR) is 77.2 cm³/mol. The molecule has 4 nitrogen and oxygen atoms in total. The van der Waals surface area contributed by atoms with Gasteiger partial charge in [-0.25, -0.2) is 9.78 Å². The van der Waals surface area contributed by atoms with Crippen molar-refractivity contribution >= 4 is 28.1 Å². The van der Waals surface area contributed by atoms with E-state index in [0.717, 1.165) is 22.9 Å². The van der Waals surface area contributed by atoms with Crippen molar-refractivity contribution in [1.82, 2.24) is 4.98 Å². The third-order valence-corrected chi connectivity index (χ3v) is 3.37. The standard InChI is InChI=1S/C14H16N2O2S/c1-3-11-9-19-14(15-11)16-12-7-5-10(6-8-12)13(17)18-4-2/h5-9H,3-4H2,1-2H3,(H,15,16). The van der Waals surface area contributed by atoms with Crippen LogP contribution >= 0.6 is 11.3 Å². The second kappa shape index (κ2) is 6.33. The molecule has 1 heterocycles. The van der Waals surface area contributed by atoms with E-state index in [0.29, 0.717) is 12.2 Å². The predicted octanol–water partition coefficient (Wildman–Crippen LogP) is 3.63. The number of aryl methyl sites for hydroxylation is 1. The summed E-state index contributed by atoms with van der Waals surface area (Å²) in [6.45, 7) is 4.26. The number of carbonyl (C=O) groups is 1. The van der Waals surface area contributed by atoms with Crippen LogP contribution in [-0.2, 0) is 11.2 Å². The molecule has 2 aromatic rings. The molecule has 0 spiro atoms. The molecule has 0 atom stereocenters. The minimum atomic E-state index is -0.295. The first-order valence-electron chi connectivity index (χ1n) is 6.21. The number of hydrogen-bond donors (Lipinski definition) is 1. The lowest BCUT2D eigenvalue weighted by Gasteiger charge is -2.04. The van der Waals surface area contributed by atoms with Crippen LogP contribution in [0.2, 0.25) is 0 Å². The number of rotatable bonds is 5. The molecular formula is C14H16N2O2S. The van der Waals surface area contributed by atoms with Gasteiger partial charge >= 0.3 is 5.97 Å². The molecule has 0 fully saturated rings. The van der Waals surface area contributed by atoms with E-state index < -0.39 is 0 Å². The van der Waals surface area contributed by atoms with Crippen LogP contribution in [0.15, 0.2) is 29.6 Å². The normalized spacial score (nSPS) is 10.2. The molecule has 0 radical (unpaired) electrons. The Balaban J connectivity index is 2.04. The molecule has 0 unspecified atom stereocenters. The molecule has 5 heteroatoms. The van der Waals surface area contributed by atoms with Crippen LogP contribution in [0.25, 0.3) is 0 Å². The molecule has 0 saturated carbocycles. The minimum absolute atomic E-state index is 0.295. The van der Waals surface area contributed by atoms with Crippen LogP contribution in [0.1, 0.15) is 29.9 Å². The monoisotopic (exact) mass is 276 g/mol. The molecular weight excluding hydrogens is 260 g/mol. The Labute approximate surface area is 116 Å². The van der Waals surface area contributed by atoms with Gasteiger partial charge in [0, 0.05) is 11.1 Å². The van der Waals surface area contributed by atoms with E-state index in [1.54, 1.807) is 30.4 Å². The summed E-state index contributed by atoms with van der Waals surface area (Å²) in [6.07, 6.45) is 0.931. The largest absolute Gasteiger partial charge is 0.462 e. The quantitative estimate of drug-likeness (QED) is 0.847. The number of nitrogens with zero attached hydrogens (tertiary/aromatic N) is 1. The van der Waals surface area contributed by atoms with Crippen molar-refractivity contribution in [3.05, 3.63) is 40.9 Å². The van der Waals surface area contributed by atoms with Gasteiger partial charge in [-0.1, -0.05) is 6.92 Å². The summed E-state index contributed by atoms with van der Waals surface area (Å²) in [5.74, 6) is -0.295. The average molecular weight is 276 g/mol. The summed E-state index contributed by atoms with van der Waals surface area (Å²) in [6, 6.07) is 7.18. The number of carbonyl (C=O) groups excluding carboxylic acids is 1. The van der Waals surface area contributed by atoms with Gasteiger partial charge in [0.1, 0.15) is 0 Å². The highest BCUT2D eigenvalue weighted by Gasteiger charge is 2.06. The Hall–Kier alpha value is -1.88. The lowest BCUT2D eigenvalue weighted by molar-refractivity contribution is 0.0526. The molecule has 2 rings (SSSR count). The van der Waals surface area contributed by atoms with Gasteiger partial charge in [-0.05, 0) is 37.6 Å². The Bertz CT molecular complexity index is 549. The number of hydrogen-bond acceptors (Lipinski definition) is 5. The zero-order valence-electron chi connectivity index (χ0n) is 11.0. The van der Waals surface area contributed by atoms with Crippen molar-refractivity contribution in [2.45, 2.75) is 20.3 Å². The molecule has 19 heavy (non-hydrogen) atoms. The minimum Gasteiger partial charge on any atom is -0.462 e. The number of thiazole rings is 1. The smallest absolute Gasteiger partial charge is 0.338 e. The molecule has 0 aliphatic heterocycles. The SMILES string of the molecule is CCOC(=O)c1ccc(Nc2nc(CC)cs2)cc1. The summed E-state index contributed by atoms with van der Waals surface area (Å²) in [7, 11) is 0. The molecule has 0 aliphatic rings. The van der Waals surface area contributed by atoms with Gasteiger partial charge in [0.25, 0.3) is 0 Å². The van der Waals surface area contributed by atoms with Gasteiger partial charge in [0.15, 0.2) is 5.13 Å². The first-order chi connectivity index (χ1) is 9.22. The number of aromatic nitrogens is 1. The first-order valence-corrected chi connectivity index (χ1v) is 7.09. The topological polar surface area (TPSA) is 51.2 Å². The highest BCUT2D eigenvalue weighted by molar-refractivity contribution is 7.13. The molecule has 0 bridgehead atoms. The van der Waals surface area contributed by atoms with Crippen LogP contribution in [0, 0.1) is 0 Å². The molecule has 1 aromatic carbocycles. The Kier molecular flexibility index (Phi) is 4.52. The van der Waals surface area contributed by atoms with Gasteiger partial charge in [-0.3, -0.25) is 0 Å². The van der Waals surface area contributed by atoms with Crippen molar-refractivity contribution in [2.75, 3.05) is 11.9 Å². The molecule has 0 saturated heterocycles. The fraction of sp³-hybridized carbons (Fsp3) is 0.286. The molecule has 100 valence electrons. The average Bonchev–Trinajstić information content (AvgIpc) is 2.87. The molecule has 0 aliphatic carbocycles. The highest BCUT2D eigenvalue weighted by atomic mass is 32.1. The number of esters is 1. The second-order valence-corrected chi connectivity index (χ2v) is 4.78. The maximum atomic E-state index is 11.5. The fourth-order valence-corrected chi connectivity index (χ4v) is 2.37. The molecule has 0 amide bonds. The van der Waals surface area contributed by atoms with Crippen molar-refractivity contribution in [2.24, 2.45) is 0 Å². The van der Waals surface area contributed by atoms with E-state index in [1.807, 2.05) is 17.5 Å². The number of nitrogens with one attached hydrogen (secondary N) is 1. The maximum absolute atomic E-state index is 11.5. The van der Waals surface area contributed by atoms with Gasteiger partial charge in [-0.15, -0.1) is 11.3 Å². The van der Waals surface area contributed by atoms with Crippen molar-refractivity contribution in [3.8, 4) is 0 Å². The van der Waals surface area contributed by atoms with Crippen LogP contribution < -0.4 is 5.32 Å². The van der Waals surface area contributed by atoms with Crippen LogP contribution in [0.4, 0.5) is 10.8 Å². The van der Waals surface area contributed by atoms with Crippen LogP contribution in [-0.4, -0.2) is 17.6 Å². The summed E-state index contributed by atoms with van der Waals surface area (Å²) in [5.41, 5.74) is 2.54. The van der Waals surface area contributed by atoms with Crippen molar-refractivity contribution in [1.29, 1.82) is 0 Å². The highest BCUT2D eigenvalue weighted by Crippen LogP contribution is 2.21. The number of ether oxygens (including phenoxy) is 1. The summed E-state index contributed by atoms with van der Waals surface area (Å²) < 4.78 is 4.93. The Morgan fingerprint density at radius 1 is 1.32 bits per heavy atom. The van der Waals surface area contributed by atoms with Gasteiger partial charge in [0.05, 0.1) is 17.9 Å². The lowest BCUT2D eigenvalue weighted by Crippen LogP contribution is -2.04. The van der Waals surface area contributed by atoms with E-state index in [-0.39, 0.29) is 5.97 Å². The maximum Gasteiger partial charge on any atom is 0.338 e. The van der Waals surface area contributed by atoms with Gasteiger partial charge in [-0.2, -0.15) is 0 Å². The van der Waals surface area contributed by atoms with E-state index in [1.165, 1.54) is 0 Å². The lowest BCUT2D eigenvalue weighted by atomic mass is 10.2. The van der Waals surface area contributed by atoms with Crippen LogP contribution in [0.3, 0.4) is 0 Å². The third kappa shape index (κ3) is 3.54. The van der Waals surface area contributed by atoms with Crippen molar-refractivity contribution in [3.63, 3.8) is 0 Å². The summed E-state index contributed by atoms with van der Waals surface area (Å²) >= 11 is 1.57. The third-order valence-electron chi connectivity index (χ3n) is 2.56. The summed E-state index contributed by atoms with van der Waals surface area (Å²) in [4.78, 5) is 15.9. The summed E-state index contributed by atoms with van der Waals surface area (Å²) in [5, 5.41) is 6.11. The van der Waals surface area contributed by atoms with E-state index in [2.05, 4.69) is 17.2 Å². The van der Waals surface area contributed by atoms with Gasteiger partial charge < -0.3 is 10.1 Å².